The molecule has 0 bridgehead atoms. The number of hydrogen-bond acceptors (Lipinski definition) is 2. The van der Waals surface area contributed by atoms with Crippen LogP contribution in [-0.4, -0.2) is 12.4 Å². The summed E-state index contributed by atoms with van der Waals surface area (Å²) in [6.45, 7) is 3.72. The largest absolute Gasteiger partial charge is 0.268 e. The van der Waals surface area contributed by atoms with E-state index in [-0.39, 0.29) is 4.90 Å². The minimum absolute atomic E-state index is 0.0467. The molecule has 0 unspecified atom stereocenters. The van der Waals surface area contributed by atoms with Crippen molar-refractivity contribution in [2.75, 3.05) is 0 Å². The molecule has 3 aromatic rings. The van der Waals surface area contributed by atoms with Gasteiger partial charge in [0.1, 0.15) is 5.82 Å². The molecule has 5 heteroatoms. The van der Waals surface area contributed by atoms with Crippen LogP contribution in [0.3, 0.4) is 0 Å². The predicted octanol–water partition coefficient (Wildman–Crippen LogP) is 3.66. The SMILES string of the molecule is C=Cc1cccc2c1ccn2S(=O)(=O)c1ccc(F)cc1. The average molecular weight is 301 g/mol. The van der Waals surface area contributed by atoms with Gasteiger partial charge in [0.2, 0.25) is 0 Å². The van der Waals surface area contributed by atoms with E-state index in [0.717, 1.165) is 23.1 Å². The van der Waals surface area contributed by atoms with Crippen molar-refractivity contribution in [1.29, 1.82) is 0 Å². The molecule has 0 aliphatic heterocycles. The van der Waals surface area contributed by atoms with Crippen LogP contribution in [0.25, 0.3) is 17.0 Å². The van der Waals surface area contributed by atoms with E-state index in [2.05, 4.69) is 6.58 Å². The molecule has 1 aromatic heterocycles. The summed E-state index contributed by atoms with van der Waals surface area (Å²) < 4.78 is 39.4. The second kappa shape index (κ2) is 4.86. The lowest BCUT2D eigenvalue weighted by atomic mass is 10.1. The second-order valence-corrected chi connectivity index (χ2v) is 6.37. The Morgan fingerprint density at radius 2 is 1.76 bits per heavy atom. The van der Waals surface area contributed by atoms with Crippen molar-refractivity contribution in [3.63, 3.8) is 0 Å². The summed E-state index contributed by atoms with van der Waals surface area (Å²) in [7, 11) is -3.75. The van der Waals surface area contributed by atoms with Crippen LogP contribution in [0.1, 0.15) is 5.56 Å². The zero-order chi connectivity index (χ0) is 15.0. The summed E-state index contributed by atoms with van der Waals surface area (Å²) in [5.41, 5.74) is 1.43. The number of halogens is 1. The van der Waals surface area contributed by atoms with Crippen molar-refractivity contribution in [1.82, 2.24) is 3.97 Å². The molecule has 0 amide bonds. The maximum atomic E-state index is 13.0. The van der Waals surface area contributed by atoms with E-state index in [1.807, 2.05) is 6.07 Å². The Balaban J connectivity index is 2.24. The van der Waals surface area contributed by atoms with Crippen molar-refractivity contribution >= 4 is 27.0 Å². The molecule has 3 rings (SSSR count). The number of hydrogen-bond donors (Lipinski definition) is 0. The third kappa shape index (κ3) is 2.15. The van der Waals surface area contributed by atoms with Gasteiger partial charge in [0.25, 0.3) is 10.0 Å². The van der Waals surface area contributed by atoms with Gasteiger partial charge in [-0.15, -0.1) is 0 Å². The Morgan fingerprint density at radius 3 is 2.43 bits per heavy atom. The Bertz CT molecular complexity index is 925. The highest BCUT2D eigenvalue weighted by Gasteiger charge is 2.19. The molecule has 0 spiro atoms. The van der Waals surface area contributed by atoms with E-state index in [4.69, 9.17) is 0 Å². The molecular weight excluding hydrogens is 289 g/mol. The fraction of sp³-hybridized carbons (Fsp3) is 0. The van der Waals surface area contributed by atoms with Gasteiger partial charge in [0, 0.05) is 11.6 Å². The molecule has 0 saturated carbocycles. The van der Waals surface area contributed by atoms with Gasteiger partial charge in [-0.3, -0.25) is 0 Å². The number of nitrogens with zero attached hydrogens (tertiary/aromatic N) is 1. The number of fused-ring (bicyclic) bond motifs is 1. The van der Waals surface area contributed by atoms with Crippen LogP contribution in [0.15, 0.2) is 66.2 Å². The first kappa shape index (κ1) is 13.6. The van der Waals surface area contributed by atoms with E-state index in [1.165, 1.54) is 22.3 Å². The van der Waals surface area contributed by atoms with Gasteiger partial charge in [-0.05, 0) is 42.0 Å². The van der Waals surface area contributed by atoms with Crippen LogP contribution in [0.5, 0.6) is 0 Å². The molecule has 0 aliphatic rings. The van der Waals surface area contributed by atoms with Crippen molar-refractivity contribution in [2.24, 2.45) is 0 Å². The fourth-order valence-electron chi connectivity index (χ4n) is 2.27. The summed E-state index contributed by atoms with van der Waals surface area (Å²) in [6.07, 6.45) is 3.17. The van der Waals surface area contributed by atoms with E-state index in [1.54, 1.807) is 24.3 Å². The third-order valence-electron chi connectivity index (χ3n) is 3.32. The molecule has 0 fully saturated rings. The number of rotatable bonds is 3. The molecule has 106 valence electrons. The van der Waals surface area contributed by atoms with Gasteiger partial charge in [-0.1, -0.05) is 24.8 Å². The molecular formula is C16H12FNO2S. The standard InChI is InChI=1S/C16H12FNO2S/c1-2-12-4-3-5-16-15(12)10-11-18(16)21(19,20)14-8-6-13(17)7-9-14/h2-11H,1H2. The Hall–Kier alpha value is -2.40. The molecule has 3 nitrogen and oxygen atoms in total. The molecule has 0 saturated heterocycles. The smallest absolute Gasteiger partial charge is 0.241 e. The van der Waals surface area contributed by atoms with Gasteiger partial charge in [0.15, 0.2) is 0 Å². The average Bonchev–Trinajstić information content (AvgIpc) is 2.92. The summed E-state index contributed by atoms with van der Waals surface area (Å²) in [4.78, 5) is 0.0467. The van der Waals surface area contributed by atoms with Crippen molar-refractivity contribution in [3.8, 4) is 0 Å². The zero-order valence-electron chi connectivity index (χ0n) is 11.0. The van der Waals surface area contributed by atoms with Crippen LogP contribution in [0, 0.1) is 5.82 Å². The van der Waals surface area contributed by atoms with Crippen LogP contribution in [0.2, 0.25) is 0 Å². The summed E-state index contributed by atoms with van der Waals surface area (Å²) >= 11 is 0. The van der Waals surface area contributed by atoms with Gasteiger partial charge in [-0.2, -0.15) is 0 Å². The van der Waals surface area contributed by atoms with E-state index in [9.17, 15) is 12.8 Å². The Labute approximate surface area is 122 Å². The summed E-state index contributed by atoms with van der Waals surface area (Å²) in [6, 6.07) is 11.9. The van der Waals surface area contributed by atoms with Crippen LogP contribution in [0.4, 0.5) is 4.39 Å². The minimum Gasteiger partial charge on any atom is -0.241 e. The highest BCUT2D eigenvalue weighted by molar-refractivity contribution is 7.90. The predicted molar refractivity (Wildman–Crippen MR) is 81.0 cm³/mol. The van der Waals surface area contributed by atoms with E-state index >= 15 is 0 Å². The van der Waals surface area contributed by atoms with E-state index < -0.39 is 15.8 Å². The maximum absolute atomic E-state index is 13.0. The molecule has 21 heavy (non-hydrogen) atoms. The molecule has 0 atom stereocenters. The molecule has 0 radical (unpaired) electrons. The van der Waals surface area contributed by atoms with Gasteiger partial charge < -0.3 is 0 Å². The topological polar surface area (TPSA) is 39.1 Å². The zero-order valence-corrected chi connectivity index (χ0v) is 11.8. The Kier molecular flexibility index (Phi) is 3.14. The first-order valence-corrected chi connectivity index (χ1v) is 7.72. The first-order chi connectivity index (χ1) is 10.0. The molecule has 0 aliphatic carbocycles. The maximum Gasteiger partial charge on any atom is 0.268 e. The second-order valence-electron chi connectivity index (χ2n) is 4.55. The van der Waals surface area contributed by atoms with Gasteiger partial charge in [-0.25, -0.2) is 16.8 Å². The first-order valence-electron chi connectivity index (χ1n) is 6.28. The summed E-state index contributed by atoms with van der Waals surface area (Å²) in [5, 5.41) is 0.804. The third-order valence-corrected chi connectivity index (χ3v) is 5.03. The van der Waals surface area contributed by atoms with Crippen LogP contribution < -0.4 is 0 Å². The minimum atomic E-state index is -3.75. The van der Waals surface area contributed by atoms with Gasteiger partial charge in [0.05, 0.1) is 10.4 Å². The van der Waals surface area contributed by atoms with Crippen molar-refractivity contribution in [3.05, 3.63) is 72.7 Å². The lowest BCUT2D eigenvalue weighted by molar-refractivity contribution is 0.588. The molecule has 1 heterocycles. The van der Waals surface area contributed by atoms with E-state index in [0.29, 0.717) is 5.52 Å². The van der Waals surface area contributed by atoms with Crippen LogP contribution in [-0.2, 0) is 10.0 Å². The summed E-state index contributed by atoms with van der Waals surface area (Å²) in [5.74, 6) is -0.472. The molecule has 2 aromatic carbocycles. The molecule has 0 N–H and O–H groups in total. The van der Waals surface area contributed by atoms with Crippen molar-refractivity contribution < 1.29 is 12.8 Å². The monoisotopic (exact) mass is 301 g/mol. The normalized spacial score (nSPS) is 11.7. The lowest BCUT2D eigenvalue weighted by Crippen LogP contribution is -2.11. The lowest BCUT2D eigenvalue weighted by Gasteiger charge is -2.08. The van der Waals surface area contributed by atoms with Crippen LogP contribution >= 0.6 is 0 Å². The van der Waals surface area contributed by atoms with Gasteiger partial charge >= 0.3 is 0 Å². The van der Waals surface area contributed by atoms with Crippen molar-refractivity contribution in [2.45, 2.75) is 4.90 Å². The fourth-order valence-corrected chi connectivity index (χ4v) is 3.62. The quantitative estimate of drug-likeness (QED) is 0.740. The number of aromatic nitrogens is 1. The Morgan fingerprint density at radius 1 is 1.05 bits per heavy atom. The highest BCUT2D eigenvalue weighted by atomic mass is 32.2. The number of benzene rings is 2. The highest BCUT2D eigenvalue weighted by Crippen LogP contribution is 2.25.